The summed E-state index contributed by atoms with van der Waals surface area (Å²) in [5, 5.41) is 8.11. The molecule has 1 aromatic heterocycles. The fraction of sp³-hybridized carbons (Fsp3) is 0.176. The van der Waals surface area contributed by atoms with Gasteiger partial charge in [0.15, 0.2) is 0 Å². The van der Waals surface area contributed by atoms with Crippen molar-refractivity contribution < 1.29 is 12.8 Å². The average molecular weight is 418 g/mol. The first-order chi connectivity index (χ1) is 14.0. The zero-order valence-electron chi connectivity index (χ0n) is 15.1. The van der Waals surface area contributed by atoms with Gasteiger partial charge in [0, 0.05) is 5.56 Å². The van der Waals surface area contributed by atoms with Gasteiger partial charge in [0.1, 0.15) is 12.0 Å². The van der Waals surface area contributed by atoms with E-state index >= 15 is 0 Å². The molecule has 1 aliphatic heterocycles. The fourth-order valence-electron chi connectivity index (χ4n) is 2.97. The number of aromatic nitrogens is 3. The smallest absolute Gasteiger partial charge is 0.220 e. The summed E-state index contributed by atoms with van der Waals surface area (Å²) in [5.74, 6) is -0.542. The van der Waals surface area contributed by atoms with E-state index in [1.54, 1.807) is 0 Å². The molecule has 5 N–H and O–H groups in total. The standard InChI is InChI=1S/C17H19FN8O2S/c18-15-7-6-13(10-14(15)17-21-24-25-22-17)29(27,28)23-16(11-26-19-8-9-20-26)12-4-2-1-3-5-12/h1-10,16-17,21-25H,11H2. The van der Waals surface area contributed by atoms with Crippen LogP contribution in [0.25, 0.3) is 0 Å². The molecular formula is C17H19FN8O2S. The van der Waals surface area contributed by atoms with Gasteiger partial charge in [0.05, 0.1) is 29.9 Å². The molecule has 1 aliphatic rings. The van der Waals surface area contributed by atoms with Crippen LogP contribution in [0.5, 0.6) is 0 Å². The molecule has 4 rings (SSSR count). The third kappa shape index (κ3) is 4.48. The molecule has 1 atom stereocenters. The maximum atomic E-state index is 14.2. The van der Waals surface area contributed by atoms with E-state index in [4.69, 9.17) is 0 Å². The highest BCUT2D eigenvalue weighted by Gasteiger charge is 2.26. The quantitative estimate of drug-likeness (QED) is 0.370. The van der Waals surface area contributed by atoms with E-state index in [1.807, 2.05) is 30.3 Å². The minimum absolute atomic E-state index is 0.0567. The van der Waals surface area contributed by atoms with E-state index in [-0.39, 0.29) is 17.0 Å². The van der Waals surface area contributed by atoms with Crippen LogP contribution in [-0.2, 0) is 16.6 Å². The van der Waals surface area contributed by atoms with Gasteiger partial charge in [-0.3, -0.25) is 0 Å². The van der Waals surface area contributed by atoms with Crippen LogP contribution in [0.2, 0.25) is 0 Å². The Morgan fingerprint density at radius 2 is 1.76 bits per heavy atom. The Kier molecular flexibility index (Phi) is 5.62. The first kappa shape index (κ1) is 19.6. The Balaban J connectivity index is 1.63. The highest BCUT2D eigenvalue weighted by atomic mass is 32.2. The van der Waals surface area contributed by atoms with Gasteiger partial charge in [-0.1, -0.05) is 30.3 Å². The molecule has 0 aliphatic carbocycles. The minimum atomic E-state index is -3.96. The number of halogens is 1. The van der Waals surface area contributed by atoms with Crippen LogP contribution in [0.15, 0.2) is 65.8 Å². The molecule has 29 heavy (non-hydrogen) atoms. The Bertz CT molecular complexity index is 1060. The van der Waals surface area contributed by atoms with Gasteiger partial charge >= 0.3 is 0 Å². The average Bonchev–Trinajstić information content (AvgIpc) is 3.42. The van der Waals surface area contributed by atoms with Crippen LogP contribution in [0.3, 0.4) is 0 Å². The molecule has 3 aromatic rings. The predicted molar refractivity (Wildman–Crippen MR) is 101 cm³/mol. The number of rotatable bonds is 7. The van der Waals surface area contributed by atoms with Crippen molar-refractivity contribution in [3.05, 3.63) is 77.9 Å². The fourth-order valence-corrected chi connectivity index (χ4v) is 4.22. The Morgan fingerprint density at radius 3 is 2.45 bits per heavy atom. The number of hydrogen-bond acceptors (Lipinski definition) is 8. The maximum absolute atomic E-state index is 14.2. The summed E-state index contributed by atoms with van der Waals surface area (Å²) in [6, 6.07) is 12.1. The van der Waals surface area contributed by atoms with E-state index in [2.05, 4.69) is 36.8 Å². The molecule has 152 valence electrons. The Labute approximate surface area is 166 Å². The van der Waals surface area contributed by atoms with E-state index in [1.165, 1.54) is 29.3 Å². The molecular weight excluding hydrogens is 399 g/mol. The SMILES string of the molecule is O=S(=O)(NC(Cn1nccn1)c1ccccc1)c1ccc(F)c(C2NNNN2)c1. The topological polar surface area (TPSA) is 125 Å². The maximum Gasteiger partial charge on any atom is 0.241 e. The lowest BCUT2D eigenvalue weighted by atomic mass is 10.1. The van der Waals surface area contributed by atoms with Crippen LogP contribution >= 0.6 is 0 Å². The third-order valence-corrected chi connectivity index (χ3v) is 5.87. The summed E-state index contributed by atoms with van der Waals surface area (Å²) < 4.78 is 43.0. The molecule has 0 radical (unpaired) electrons. The first-order valence-electron chi connectivity index (χ1n) is 8.75. The predicted octanol–water partition coefficient (Wildman–Crippen LogP) is 0.253. The van der Waals surface area contributed by atoms with Gasteiger partial charge in [-0.05, 0) is 23.8 Å². The number of nitrogens with one attached hydrogen (secondary N) is 5. The molecule has 1 unspecified atom stereocenters. The number of hydrogen-bond donors (Lipinski definition) is 5. The lowest BCUT2D eigenvalue weighted by Gasteiger charge is -2.19. The van der Waals surface area contributed by atoms with E-state index < -0.39 is 28.0 Å². The summed E-state index contributed by atoms with van der Waals surface area (Å²) in [6.07, 6.45) is 2.40. The molecule has 1 fully saturated rings. The van der Waals surface area contributed by atoms with Crippen molar-refractivity contribution in [2.24, 2.45) is 0 Å². The number of hydrazine groups is 3. The Hall–Kier alpha value is -2.74. The van der Waals surface area contributed by atoms with E-state index in [0.29, 0.717) is 0 Å². The van der Waals surface area contributed by atoms with Crippen molar-refractivity contribution in [2.45, 2.75) is 23.6 Å². The summed E-state index contributed by atoms with van der Waals surface area (Å²) in [4.78, 5) is 1.35. The van der Waals surface area contributed by atoms with Crippen LogP contribution in [0.4, 0.5) is 4.39 Å². The molecule has 0 amide bonds. The van der Waals surface area contributed by atoms with Crippen molar-refractivity contribution >= 4 is 10.0 Å². The highest BCUT2D eigenvalue weighted by molar-refractivity contribution is 7.89. The van der Waals surface area contributed by atoms with Crippen LogP contribution in [0, 0.1) is 5.82 Å². The second kappa shape index (κ2) is 8.32. The first-order valence-corrected chi connectivity index (χ1v) is 10.2. The summed E-state index contributed by atoms with van der Waals surface area (Å²) in [7, 11) is -3.96. The molecule has 2 aromatic carbocycles. The lowest BCUT2D eigenvalue weighted by Crippen LogP contribution is -2.33. The second-order valence-electron chi connectivity index (χ2n) is 6.32. The van der Waals surface area contributed by atoms with Crippen LogP contribution in [-0.4, -0.2) is 23.4 Å². The van der Waals surface area contributed by atoms with Gasteiger partial charge in [0.25, 0.3) is 0 Å². The molecule has 1 saturated heterocycles. The van der Waals surface area contributed by atoms with E-state index in [9.17, 15) is 12.8 Å². The van der Waals surface area contributed by atoms with Gasteiger partial charge in [-0.15, -0.1) is 0 Å². The largest absolute Gasteiger partial charge is 0.241 e. The highest BCUT2D eigenvalue weighted by Crippen LogP contribution is 2.23. The van der Waals surface area contributed by atoms with Gasteiger partial charge in [-0.25, -0.2) is 28.4 Å². The van der Waals surface area contributed by atoms with Crippen molar-refractivity contribution in [3.8, 4) is 0 Å². The van der Waals surface area contributed by atoms with Crippen molar-refractivity contribution in [1.29, 1.82) is 0 Å². The lowest BCUT2D eigenvalue weighted by molar-refractivity contribution is 0.444. The van der Waals surface area contributed by atoms with Gasteiger partial charge < -0.3 is 0 Å². The minimum Gasteiger partial charge on any atom is -0.220 e. The normalized spacial score (nSPS) is 16.2. The van der Waals surface area contributed by atoms with Crippen molar-refractivity contribution in [3.63, 3.8) is 0 Å². The Morgan fingerprint density at radius 1 is 1.07 bits per heavy atom. The molecule has 12 heteroatoms. The summed E-state index contributed by atoms with van der Waals surface area (Å²) >= 11 is 0. The molecule has 0 spiro atoms. The van der Waals surface area contributed by atoms with Crippen molar-refractivity contribution in [1.82, 2.24) is 41.6 Å². The summed E-state index contributed by atoms with van der Waals surface area (Å²) in [6.45, 7) is 0.198. The monoisotopic (exact) mass is 418 g/mol. The molecule has 10 nitrogen and oxygen atoms in total. The zero-order valence-corrected chi connectivity index (χ0v) is 15.9. The van der Waals surface area contributed by atoms with Gasteiger partial charge in [-0.2, -0.15) is 26.1 Å². The molecule has 0 bridgehead atoms. The third-order valence-electron chi connectivity index (χ3n) is 4.40. The van der Waals surface area contributed by atoms with E-state index in [0.717, 1.165) is 11.6 Å². The number of sulfonamides is 1. The van der Waals surface area contributed by atoms with Gasteiger partial charge in [0.2, 0.25) is 10.0 Å². The number of benzene rings is 2. The van der Waals surface area contributed by atoms with Crippen LogP contribution in [0.1, 0.15) is 23.3 Å². The zero-order chi connectivity index (χ0) is 20.3. The summed E-state index contributed by atoms with van der Waals surface area (Å²) in [5.41, 5.74) is 11.5. The number of nitrogens with zero attached hydrogens (tertiary/aromatic N) is 3. The molecule has 2 heterocycles. The molecule has 0 saturated carbocycles. The van der Waals surface area contributed by atoms with Crippen LogP contribution < -0.4 is 26.6 Å². The van der Waals surface area contributed by atoms with Crippen molar-refractivity contribution in [2.75, 3.05) is 0 Å². The second-order valence-corrected chi connectivity index (χ2v) is 8.04.